The number of methoxy groups -OCH3 is 1. The van der Waals surface area contributed by atoms with Gasteiger partial charge in [0.05, 0.1) is 25.0 Å². The molecule has 5 atom stereocenters. The van der Waals surface area contributed by atoms with Crippen molar-refractivity contribution in [3.05, 3.63) is 41.4 Å². The summed E-state index contributed by atoms with van der Waals surface area (Å²) in [4.78, 5) is 18.6. The number of hydrogen-bond donors (Lipinski definition) is 1. The van der Waals surface area contributed by atoms with Crippen molar-refractivity contribution in [1.29, 1.82) is 0 Å². The molecule has 4 aliphatic rings. The van der Waals surface area contributed by atoms with Crippen LogP contribution in [0.3, 0.4) is 0 Å². The van der Waals surface area contributed by atoms with Crippen molar-refractivity contribution >= 4 is 11.5 Å². The number of aliphatic hydroxyl groups excluding tert-OH is 1. The molecule has 0 spiro atoms. The Morgan fingerprint density at radius 2 is 2.32 bits per heavy atom. The number of ether oxygens (including phenoxy) is 1. The number of hydrogen-bond acceptors (Lipinski definition) is 4. The molecule has 5 rings (SSSR count). The normalized spacial score (nSPS) is 31.9. The summed E-state index contributed by atoms with van der Waals surface area (Å²) in [6, 6.07) is 5.53. The molecule has 0 radical (unpaired) electrons. The Hall–Kier alpha value is -1.98. The number of piperidine rings is 3. The van der Waals surface area contributed by atoms with E-state index in [0.29, 0.717) is 22.9 Å². The molecular formula is C20H24N2O3. The van der Waals surface area contributed by atoms with Crippen LogP contribution in [-0.4, -0.2) is 48.3 Å². The first-order valence-corrected chi connectivity index (χ1v) is 8.94. The van der Waals surface area contributed by atoms with Crippen LogP contribution in [-0.2, 0) is 4.79 Å². The molecule has 2 bridgehead atoms. The maximum Gasteiger partial charge on any atom is 0.250 e. The van der Waals surface area contributed by atoms with Gasteiger partial charge >= 0.3 is 0 Å². The van der Waals surface area contributed by atoms with Crippen molar-refractivity contribution in [2.75, 3.05) is 20.2 Å². The van der Waals surface area contributed by atoms with Gasteiger partial charge in [0.2, 0.25) is 5.91 Å². The van der Waals surface area contributed by atoms with E-state index in [4.69, 9.17) is 4.74 Å². The Kier molecular flexibility index (Phi) is 4.21. The van der Waals surface area contributed by atoms with Gasteiger partial charge in [0.25, 0.3) is 0 Å². The molecule has 1 N–H and O–H groups in total. The number of fused-ring (bicyclic) bond motifs is 4. The van der Waals surface area contributed by atoms with Crippen LogP contribution in [0.4, 0.5) is 0 Å². The second-order valence-corrected chi connectivity index (χ2v) is 7.28. The van der Waals surface area contributed by atoms with Crippen molar-refractivity contribution in [3.63, 3.8) is 0 Å². The SMILES string of the molecule is C=C[C@H]1CN2CCC1C[C@H]2[C@H](O)C1=c2cc(OC)ccc2=NC(=O)C1. The summed E-state index contributed by atoms with van der Waals surface area (Å²) in [5, 5.41) is 12.6. The predicted octanol–water partition coefficient (Wildman–Crippen LogP) is 0.653. The quantitative estimate of drug-likeness (QED) is 0.818. The van der Waals surface area contributed by atoms with Crippen molar-refractivity contribution < 1.29 is 14.6 Å². The first-order chi connectivity index (χ1) is 12.1. The summed E-state index contributed by atoms with van der Waals surface area (Å²) in [6.07, 6.45) is 3.69. The molecule has 132 valence electrons. The van der Waals surface area contributed by atoms with Crippen LogP contribution in [0.5, 0.6) is 5.75 Å². The molecule has 1 amide bonds. The number of aliphatic hydroxyl groups is 1. The highest BCUT2D eigenvalue weighted by molar-refractivity contribution is 5.87. The fourth-order valence-corrected chi connectivity index (χ4v) is 4.63. The molecule has 0 saturated carbocycles. The highest BCUT2D eigenvalue weighted by Gasteiger charge is 2.42. The van der Waals surface area contributed by atoms with Crippen LogP contribution < -0.4 is 15.3 Å². The van der Waals surface area contributed by atoms with Crippen LogP contribution in [0.15, 0.2) is 35.8 Å². The second-order valence-electron chi connectivity index (χ2n) is 7.28. The van der Waals surface area contributed by atoms with Crippen LogP contribution in [0.2, 0.25) is 0 Å². The van der Waals surface area contributed by atoms with Gasteiger partial charge in [-0.2, -0.15) is 0 Å². The van der Waals surface area contributed by atoms with E-state index in [-0.39, 0.29) is 18.4 Å². The maximum absolute atomic E-state index is 12.1. The lowest BCUT2D eigenvalue weighted by Gasteiger charge is -2.50. The minimum Gasteiger partial charge on any atom is -0.497 e. The second kappa shape index (κ2) is 6.39. The minimum absolute atomic E-state index is 0.0647. The fraction of sp³-hybridized carbons (Fsp3) is 0.500. The van der Waals surface area contributed by atoms with Crippen molar-refractivity contribution in [1.82, 2.24) is 4.90 Å². The van der Waals surface area contributed by atoms with Gasteiger partial charge in [-0.1, -0.05) is 6.08 Å². The van der Waals surface area contributed by atoms with E-state index in [9.17, 15) is 9.90 Å². The molecule has 3 fully saturated rings. The molecule has 0 aromatic heterocycles. The van der Waals surface area contributed by atoms with E-state index in [1.807, 2.05) is 6.07 Å². The van der Waals surface area contributed by atoms with Crippen LogP contribution >= 0.6 is 0 Å². The summed E-state index contributed by atoms with van der Waals surface area (Å²) in [5.74, 6) is 1.62. The molecule has 0 aliphatic carbocycles. The summed E-state index contributed by atoms with van der Waals surface area (Å²) >= 11 is 0. The number of carbonyl (C=O) groups excluding carboxylic acids is 1. The predicted molar refractivity (Wildman–Crippen MR) is 94.6 cm³/mol. The van der Waals surface area contributed by atoms with Gasteiger partial charge in [-0.15, -0.1) is 6.58 Å². The first kappa shape index (κ1) is 16.5. The van der Waals surface area contributed by atoms with Crippen molar-refractivity contribution in [3.8, 4) is 5.75 Å². The van der Waals surface area contributed by atoms with Crippen LogP contribution in [0.1, 0.15) is 19.3 Å². The van der Waals surface area contributed by atoms with E-state index in [1.165, 1.54) is 0 Å². The van der Waals surface area contributed by atoms with Crippen LogP contribution in [0, 0.1) is 11.8 Å². The molecule has 4 aliphatic heterocycles. The Morgan fingerprint density at radius 1 is 1.48 bits per heavy atom. The summed E-state index contributed by atoms with van der Waals surface area (Å²) in [5.41, 5.74) is 0.779. The molecular weight excluding hydrogens is 316 g/mol. The molecule has 25 heavy (non-hydrogen) atoms. The number of benzene rings is 1. The topological polar surface area (TPSA) is 62.1 Å². The van der Waals surface area contributed by atoms with Gasteiger partial charge in [-0.25, -0.2) is 4.99 Å². The molecule has 4 heterocycles. The Morgan fingerprint density at radius 3 is 3.00 bits per heavy atom. The molecule has 1 aromatic carbocycles. The first-order valence-electron chi connectivity index (χ1n) is 8.94. The van der Waals surface area contributed by atoms with Gasteiger partial charge in [-0.3, -0.25) is 9.69 Å². The molecule has 1 aromatic rings. The molecule has 5 heteroatoms. The lowest BCUT2D eigenvalue weighted by atomic mass is 9.73. The largest absolute Gasteiger partial charge is 0.497 e. The van der Waals surface area contributed by atoms with Gasteiger partial charge in [-0.05, 0) is 55.0 Å². The van der Waals surface area contributed by atoms with E-state index < -0.39 is 6.10 Å². The van der Waals surface area contributed by atoms with Gasteiger partial charge in [0.15, 0.2) is 0 Å². The minimum atomic E-state index is -0.654. The van der Waals surface area contributed by atoms with E-state index in [0.717, 1.165) is 36.7 Å². The average Bonchev–Trinajstić information content (AvgIpc) is 2.66. The average molecular weight is 340 g/mol. The summed E-state index contributed by atoms with van der Waals surface area (Å²) in [7, 11) is 1.62. The van der Waals surface area contributed by atoms with Gasteiger partial charge < -0.3 is 9.84 Å². The molecule has 3 saturated heterocycles. The van der Waals surface area contributed by atoms with E-state index in [2.05, 4.69) is 22.5 Å². The third-order valence-electron chi connectivity index (χ3n) is 6.01. The highest BCUT2D eigenvalue weighted by Crippen LogP contribution is 2.39. The van der Waals surface area contributed by atoms with Gasteiger partial charge in [0.1, 0.15) is 5.75 Å². The Labute approximate surface area is 147 Å². The highest BCUT2D eigenvalue weighted by atomic mass is 16.5. The smallest absolute Gasteiger partial charge is 0.250 e. The third kappa shape index (κ3) is 2.81. The molecule has 5 nitrogen and oxygen atoms in total. The van der Waals surface area contributed by atoms with Crippen LogP contribution in [0.25, 0.3) is 5.57 Å². The van der Waals surface area contributed by atoms with Crippen molar-refractivity contribution in [2.45, 2.75) is 31.4 Å². The van der Waals surface area contributed by atoms with E-state index >= 15 is 0 Å². The Balaban J connectivity index is 1.73. The Bertz CT molecular complexity index is 832. The number of amides is 1. The lowest BCUT2D eigenvalue weighted by molar-refractivity contribution is -0.117. The monoisotopic (exact) mass is 340 g/mol. The van der Waals surface area contributed by atoms with Gasteiger partial charge in [0, 0.05) is 17.8 Å². The summed E-state index contributed by atoms with van der Waals surface area (Å²) < 4.78 is 5.32. The third-order valence-corrected chi connectivity index (χ3v) is 6.01. The number of nitrogens with zero attached hydrogens (tertiary/aromatic N) is 2. The number of rotatable bonds is 4. The zero-order valence-electron chi connectivity index (χ0n) is 14.5. The zero-order valence-corrected chi connectivity index (χ0v) is 14.5. The fourth-order valence-electron chi connectivity index (χ4n) is 4.63. The zero-order chi connectivity index (χ0) is 17.6. The lowest BCUT2D eigenvalue weighted by Crippen LogP contribution is -2.58. The maximum atomic E-state index is 12.1. The standard InChI is InChI=1S/C20H24N2O3/c1-3-12-11-22-7-6-13(12)8-18(22)20(24)16-10-19(23)21-17-5-4-14(25-2)9-15(16)17/h3-5,9,12-13,18,20,24H,1,6-8,10-11H2,2H3/t12-,13?,18-,20+/m0/s1. The van der Waals surface area contributed by atoms with E-state index in [1.54, 1.807) is 19.2 Å². The van der Waals surface area contributed by atoms with Crippen molar-refractivity contribution in [2.24, 2.45) is 16.8 Å². The molecule has 2 unspecified atom stereocenters. The number of carbonyl (C=O) groups is 1. The summed E-state index contributed by atoms with van der Waals surface area (Å²) in [6.45, 7) is 5.91.